The van der Waals surface area contributed by atoms with E-state index in [1.54, 1.807) is 11.3 Å². The van der Waals surface area contributed by atoms with E-state index in [-0.39, 0.29) is 5.54 Å². The van der Waals surface area contributed by atoms with E-state index in [9.17, 15) is 0 Å². The van der Waals surface area contributed by atoms with Crippen molar-refractivity contribution in [2.45, 2.75) is 38.8 Å². The van der Waals surface area contributed by atoms with Crippen molar-refractivity contribution in [3.63, 3.8) is 0 Å². The number of rotatable bonds is 4. The Bertz CT molecular complexity index is 355. The Hall–Kier alpha value is -0.550. The standard InChI is InChI=1S/C11H17N3S2/c1-3-11(4-2)7-15-10(14-11)13-6-9-5-12-8-16-9/h5,8H,3-4,6-7H2,1-2H3,(H,13,14). The van der Waals surface area contributed by atoms with Gasteiger partial charge in [0, 0.05) is 22.4 Å². The first-order valence-corrected chi connectivity index (χ1v) is 7.47. The van der Waals surface area contributed by atoms with Crippen LogP contribution in [0.5, 0.6) is 0 Å². The zero-order valence-corrected chi connectivity index (χ0v) is 11.3. The van der Waals surface area contributed by atoms with Crippen molar-refractivity contribution < 1.29 is 0 Å². The number of hydrogen-bond acceptors (Lipinski definition) is 4. The molecule has 2 heterocycles. The minimum atomic E-state index is 0.275. The molecule has 0 saturated carbocycles. The number of thioether (sulfide) groups is 1. The number of nitrogens with zero attached hydrogens (tertiary/aromatic N) is 2. The molecule has 1 saturated heterocycles. The fourth-order valence-electron chi connectivity index (χ4n) is 1.69. The molecule has 1 N–H and O–H groups in total. The van der Waals surface area contributed by atoms with Gasteiger partial charge in [-0.1, -0.05) is 25.6 Å². The lowest BCUT2D eigenvalue weighted by Crippen LogP contribution is -2.42. The molecule has 3 nitrogen and oxygen atoms in total. The van der Waals surface area contributed by atoms with Crippen LogP contribution in [0.25, 0.3) is 0 Å². The molecule has 0 amide bonds. The molecule has 0 aromatic carbocycles. The summed E-state index contributed by atoms with van der Waals surface area (Å²) in [7, 11) is 0. The summed E-state index contributed by atoms with van der Waals surface area (Å²) >= 11 is 3.51. The molecular formula is C11H17N3S2. The van der Waals surface area contributed by atoms with E-state index in [1.807, 2.05) is 23.5 Å². The second-order valence-electron chi connectivity index (χ2n) is 3.99. The van der Waals surface area contributed by atoms with Gasteiger partial charge in [-0.2, -0.15) is 0 Å². The van der Waals surface area contributed by atoms with Crippen LogP contribution in [-0.2, 0) is 6.54 Å². The van der Waals surface area contributed by atoms with Gasteiger partial charge in [-0.15, -0.1) is 11.3 Å². The van der Waals surface area contributed by atoms with Crippen LogP contribution in [-0.4, -0.2) is 21.4 Å². The molecule has 1 aliphatic rings. The third-order valence-electron chi connectivity index (χ3n) is 3.07. The van der Waals surface area contributed by atoms with Gasteiger partial charge in [-0.05, 0) is 12.8 Å². The molecule has 88 valence electrons. The summed E-state index contributed by atoms with van der Waals surface area (Å²) in [6, 6.07) is 0. The van der Waals surface area contributed by atoms with Crippen LogP contribution >= 0.6 is 23.1 Å². The summed E-state index contributed by atoms with van der Waals surface area (Å²) in [6.07, 6.45) is 4.22. The molecule has 0 spiro atoms. The summed E-state index contributed by atoms with van der Waals surface area (Å²) in [4.78, 5) is 9.87. The number of nitrogens with one attached hydrogen (secondary N) is 1. The van der Waals surface area contributed by atoms with Crippen LogP contribution in [0.2, 0.25) is 0 Å². The molecule has 1 aliphatic heterocycles. The molecule has 1 aromatic heterocycles. The van der Waals surface area contributed by atoms with Crippen molar-refractivity contribution in [1.82, 2.24) is 10.3 Å². The van der Waals surface area contributed by atoms with Crippen molar-refractivity contribution in [3.8, 4) is 0 Å². The number of amidine groups is 1. The second-order valence-corrected chi connectivity index (χ2v) is 5.93. The zero-order valence-electron chi connectivity index (χ0n) is 9.69. The van der Waals surface area contributed by atoms with Crippen LogP contribution in [0.3, 0.4) is 0 Å². The fourth-order valence-corrected chi connectivity index (χ4v) is 3.55. The molecule has 0 unspecified atom stereocenters. The van der Waals surface area contributed by atoms with E-state index in [2.05, 4.69) is 29.1 Å². The summed E-state index contributed by atoms with van der Waals surface area (Å²) in [6.45, 7) is 5.23. The molecule has 16 heavy (non-hydrogen) atoms. The topological polar surface area (TPSA) is 37.3 Å². The first-order chi connectivity index (χ1) is 7.78. The largest absolute Gasteiger partial charge is 0.359 e. The molecule has 1 aromatic rings. The van der Waals surface area contributed by atoms with E-state index < -0.39 is 0 Å². The second kappa shape index (κ2) is 5.19. The van der Waals surface area contributed by atoms with E-state index >= 15 is 0 Å². The third-order valence-corrected chi connectivity index (χ3v) is 5.04. The van der Waals surface area contributed by atoms with Gasteiger partial charge in [0.1, 0.15) is 0 Å². The van der Waals surface area contributed by atoms with Gasteiger partial charge in [0.25, 0.3) is 0 Å². The summed E-state index contributed by atoms with van der Waals surface area (Å²) in [5.41, 5.74) is 2.13. The molecule has 2 rings (SSSR count). The first-order valence-electron chi connectivity index (χ1n) is 5.61. The smallest absolute Gasteiger partial charge is 0.157 e. The predicted molar refractivity (Wildman–Crippen MR) is 72.2 cm³/mol. The number of aromatic nitrogens is 1. The monoisotopic (exact) mass is 255 g/mol. The van der Waals surface area contributed by atoms with Crippen molar-refractivity contribution in [2.24, 2.45) is 4.99 Å². The van der Waals surface area contributed by atoms with Crippen molar-refractivity contribution >= 4 is 28.3 Å². The Morgan fingerprint density at radius 2 is 2.31 bits per heavy atom. The van der Waals surface area contributed by atoms with Crippen LogP contribution in [0.15, 0.2) is 16.7 Å². The maximum atomic E-state index is 4.60. The quantitative estimate of drug-likeness (QED) is 0.899. The first kappa shape index (κ1) is 11.9. The SMILES string of the molecule is CCC1(CC)CSC(=NCc2cncs2)N1. The minimum Gasteiger partial charge on any atom is -0.359 e. The number of aliphatic imine (C=N–C) groups is 1. The van der Waals surface area contributed by atoms with Gasteiger partial charge < -0.3 is 5.32 Å². The average molecular weight is 255 g/mol. The summed E-state index contributed by atoms with van der Waals surface area (Å²) < 4.78 is 0. The molecule has 0 aliphatic carbocycles. The third kappa shape index (κ3) is 2.58. The Kier molecular flexibility index (Phi) is 3.86. The van der Waals surface area contributed by atoms with E-state index in [0.717, 1.165) is 30.3 Å². The van der Waals surface area contributed by atoms with E-state index in [0.29, 0.717) is 0 Å². The molecule has 5 heteroatoms. The average Bonchev–Trinajstić information content (AvgIpc) is 2.96. The highest BCUT2D eigenvalue weighted by Gasteiger charge is 2.33. The van der Waals surface area contributed by atoms with Crippen LogP contribution < -0.4 is 5.32 Å². The Balaban J connectivity index is 1.95. The molecular weight excluding hydrogens is 238 g/mol. The van der Waals surface area contributed by atoms with Gasteiger partial charge in [-0.3, -0.25) is 9.98 Å². The van der Waals surface area contributed by atoms with E-state index in [4.69, 9.17) is 0 Å². The molecule has 1 fully saturated rings. The lowest BCUT2D eigenvalue weighted by Gasteiger charge is -2.25. The zero-order chi connectivity index (χ0) is 11.4. The predicted octanol–water partition coefficient (Wildman–Crippen LogP) is 2.89. The maximum absolute atomic E-state index is 4.60. The fraction of sp³-hybridized carbons (Fsp3) is 0.636. The normalized spacial score (nSPS) is 21.2. The highest BCUT2D eigenvalue weighted by atomic mass is 32.2. The van der Waals surface area contributed by atoms with Crippen LogP contribution in [0.4, 0.5) is 0 Å². The Morgan fingerprint density at radius 3 is 2.88 bits per heavy atom. The van der Waals surface area contributed by atoms with Crippen LogP contribution in [0, 0.1) is 0 Å². The number of hydrogen-bond donors (Lipinski definition) is 1. The minimum absolute atomic E-state index is 0.275. The maximum Gasteiger partial charge on any atom is 0.157 e. The van der Waals surface area contributed by atoms with Gasteiger partial charge >= 0.3 is 0 Å². The van der Waals surface area contributed by atoms with Gasteiger partial charge in [-0.25, -0.2) is 0 Å². The van der Waals surface area contributed by atoms with Crippen LogP contribution in [0.1, 0.15) is 31.6 Å². The van der Waals surface area contributed by atoms with Crippen molar-refractivity contribution in [2.75, 3.05) is 5.75 Å². The van der Waals surface area contributed by atoms with Crippen molar-refractivity contribution in [3.05, 3.63) is 16.6 Å². The van der Waals surface area contributed by atoms with Gasteiger partial charge in [0.2, 0.25) is 0 Å². The molecule has 0 bridgehead atoms. The summed E-state index contributed by atoms with van der Waals surface area (Å²) in [5.74, 6) is 1.14. The van der Waals surface area contributed by atoms with Crippen molar-refractivity contribution in [1.29, 1.82) is 0 Å². The lowest BCUT2D eigenvalue weighted by atomic mass is 9.96. The Morgan fingerprint density at radius 1 is 1.50 bits per heavy atom. The van der Waals surface area contributed by atoms with Gasteiger partial charge in [0.05, 0.1) is 12.1 Å². The highest BCUT2D eigenvalue weighted by Crippen LogP contribution is 2.29. The Labute approximate surface area is 105 Å². The summed E-state index contributed by atoms with van der Waals surface area (Å²) in [5, 5.41) is 4.66. The number of thiazole rings is 1. The highest BCUT2D eigenvalue weighted by molar-refractivity contribution is 8.14. The van der Waals surface area contributed by atoms with Gasteiger partial charge in [0.15, 0.2) is 5.17 Å². The molecule has 0 atom stereocenters. The van der Waals surface area contributed by atoms with E-state index in [1.165, 1.54) is 4.88 Å². The lowest BCUT2D eigenvalue weighted by molar-refractivity contribution is 0.407. The molecule has 0 radical (unpaired) electrons.